The third-order valence-electron chi connectivity index (χ3n) is 3.45. The van der Waals surface area contributed by atoms with Gasteiger partial charge in [0.25, 0.3) is 0 Å². The van der Waals surface area contributed by atoms with E-state index in [2.05, 4.69) is 21.2 Å². The van der Waals surface area contributed by atoms with Gasteiger partial charge in [0.1, 0.15) is 5.82 Å². The van der Waals surface area contributed by atoms with E-state index in [4.69, 9.17) is 4.74 Å². The minimum absolute atomic E-state index is 0.182. The largest absolute Gasteiger partial charge is 0.381 e. The Hall–Kier alpha value is -0.450. The Morgan fingerprint density at radius 3 is 2.94 bits per heavy atom. The van der Waals surface area contributed by atoms with Crippen molar-refractivity contribution in [2.24, 2.45) is 5.92 Å². The van der Waals surface area contributed by atoms with Gasteiger partial charge in [-0.1, -0.05) is 15.9 Å². The zero-order valence-electron chi connectivity index (χ0n) is 10.6. The van der Waals surface area contributed by atoms with Crippen molar-refractivity contribution < 1.29 is 9.13 Å². The van der Waals surface area contributed by atoms with Crippen LogP contribution in [0.2, 0.25) is 0 Å². The van der Waals surface area contributed by atoms with Crippen LogP contribution in [0.25, 0.3) is 0 Å². The van der Waals surface area contributed by atoms with E-state index < -0.39 is 0 Å². The standard InChI is InChI=1S/C14H19BrFNO/c1-17-14(6-10-2-3-18-9-10)7-11-4-12(15)8-13(16)5-11/h4-5,8,10,14,17H,2-3,6-7,9H2,1H3. The molecule has 2 rings (SSSR count). The van der Waals surface area contributed by atoms with Gasteiger partial charge in [0.05, 0.1) is 0 Å². The molecular formula is C14H19BrFNO. The van der Waals surface area contributed by atoms with Gasteiger partial charge < -0.3 is 10.1 Å². The molecule has 0 aliphatic carbocycles. The second kappa shape index (κ2) is 6.64. The van der Waals surface area contributed by atoms with Crippen LogP contribution in [0.15, 0.2) is 22.7 Å². The normalized spacial score (nSPS) is 21.2. The summed E-state index contributed by atoms with van der Waals surface area (Å²) in [4.78, 5) is 0. The highest BCUT2D eigenvalue weighted by molar-refractivity contribution is 9.10. The van der Waals surface area contributed by atoms with Gasteiger partial charge in [0.2, 0.25) is 0 Å². The third-order valence-corrected chi connectivity index (χ3v) is 3.91. The molecule has 0 radical (unpaired) electrons. The Bertz CT molecular complexity index is 373. The zero-order valence-corrected chi connectivity index (χ0v) is 12.2. The van der Waals surface area contributed by atoms with E-state index >= 15 is 0 Å². The van der Waals surface area contributed by atoms with Gasteiger partial charge in [-0.05, 0) is 56.0 Å². The first kappa shape index (κ1) is 14.0. The quantitative estimate of drug-likeness (QED) is 0.901. The molecule has 0 aromatic heterocycles. The lowest BCUT2D eigenvalue weighted by molar-refractivity contribution is 0.181. The van der Waals surface area contributed by atoms with Gasteiger partial charge in [-0.3, -0.25) is 0 Å². The van der Waals surface area contributed by atoms with E-state index in [1.165, 1.54) is 6.07 Å². The van der Waals surface area contributed by atoms with Crippen molar-refractivity contribution in [3.05, 3.63) is 34.1 Å². The summed E-state index contributed by atoms with van der Waals surface area (Å²) in [7, 11) is 1.97. The molecule has 1 fully saturated rings. The van der Waals surface area contributed by atoms with E-state index in [0.717, 1.165) is 42.5 Å². The number of nitrogens with one attached hydrogen (secondary N) is 1. The van der Waals surface area contributed by atoms with Crippen molar-refractivity contribution in [2.75, 3.05) is 20.3 Å². The van der Waals surface area contributed by atoms with E-state index in [-0.39, 0.29) is 5.82 Å². The van der Waals surface area contributed by atoms with Crippen LogP contribution < -0.4 is 5.32 Å². The second-order valence-electron chi connectivity index (χ2n) is 4.93. The van der Waals surface area contributed by atoms with Gasteiger partial charge in [-0.2, -0.15) is 0 Å². The summed E-state index contributed by atoms with van der Waals surface area (Å²) < 4.78 is 19.5. The summed E-state index contributed by atoms with van der Waals surface area (Å²) in [5.74, 6) is 0.456. The molecule has 1 N–H and O–H groups in total. The maximum absolute atomic E-state index is 13.3. The SMILES string of the molecule is CNC(Cc1cc(F)cc(Br)c1)CC1CCOC1. The average Bonchev–Trinajstić information content (AvgIpc) is 2.79. The van der Waals surface area contributed by atoms with Gasteiger partial charge >= 0.3 is 0 Å². The van der Waals surface area contributed by atoms with Crippen molar-refractivity contribution >= 4 is 15.9 Å². The number of hydrogen-bond acceptors (Lipinski definition) is 2. The molecule has 1 saturated heterocycles. The highest BCUT2D eigenvalue weighted by Gasteiger charge is 2.20. The first-order chi connectivity index (χ1) is 8.67. The molecule has 2 nitrogen and oxygen atoms in total. The molecule has 0 bridgehead atoms. The van der Waals surface area contributed by atoms with Crippen molar-refractivity contribution in [3.63, 3.8) is 0 Å². The fraction of sp³-hybridized carbons (Fsp3) is 0.571. The number of hydrogen-bond donors (Lipinski definition) is 1. The monoisotopic (exact) mass is 315 g/mol. The van der Waals surface area contributed by atoms with Crippen LogP contribution in [0.5, 0.6) is 0 Å². The highest BCUT2D eigenvalue weighted by atomic mass is 79.9. The minimum atomic E-state index is -0.182. The molecule has 18 heavy (non-hydrogen) atoms. The summed E-state index contributed by atoms with van der Waals surface area (Å²) in [5.41, 5.74) is 1.03. The van der Waals surface area contributed by atoms with Crippen molar-refractivity contribution in [2.45, 2.75) is 25.3 Å². The number of ether oxygens (including phenoxy) is 1. The Morgan fingerprint density at radius 1 is 1.50 bits per heavy atom. The molecule has 0 amide bonds. The summed E-state index contributed by atoms with van der Waals surface area (Å²) in [6, 6.07) is 5.46. The Kier molecular flexibility index (Phi) is 5.15. The molecule has 1 aromatic carbocycles. The molecule has 4 heteroatoms. The van der Waals surface area contributed by atoms with Crippen molar-refractivity contribution in [3.8, 4) is 0 Å². The molecule has 100 valence electrons. The fourth-order valence-corrected chi connectivity index (χ4v) is 3.00. The number of likely N-dealkylation sites (N-methyl/N-ethyl adjacent to an activating group) is 1. The lowest BCUT2D eigenvalue weighted by atomic mass is 9.94. The fourth-order valence-electron chi connectivity index (χ4n) is 2.49. The highest BCUT2D eigenvalue weighted by Crippen LogP contribution is 2.21. The van der Waals surface area contributed by atoms with Gasteiger partial charge in [0, 0.05) is 23.7 Å². The summed E-state index contributed by atoms with van der Waals surface area (Å²) in [6.45, 7) is 1.75. The van der Waals surface area contributed by atoms with Gasteiger partial charge in [0.15, 0.2) is 0 Å². The Balaban J connectivity index is 1.95. The van der Waals surface area contributed by atoms with Crippen LogP contribution in [0, 0.1) is 11.7 Å². The topological polar surface area (TPSA) is 21.3 Å². The smallest absolute Gasteiger partial charge is 0.124 e. The second-order valence-corrected chi connectivity index (χ2v) is 5.85. The first-order valence-corrected chi connectivity index (χ1v) is 7.16. The molecule has 0 saturated carbocycles. The van der Waals surface area contributed by atoms with Gasteiger partial charge in [-0.15, -0.1) is 0 Å². The van der Waals surface area contributed by atoms with E-state index in [1.54, 1.807) is 6.07 Å². The summed E-state index contributed by atoms with van der Waals surface area (Å²) >= 11 is 3.33. The van der Waals surface area contributed by atoms with Gasteiger partial charge in [-0.25, -0.2) is 4.39 Å². The minimum Gasteiger partial charge on any atom is -0.381 e. The predicted octanol–water partition coefficient (Wildman–Crippen LogP) is 3.15. The maximum Gasteiger partial charge on any atom is 0.124 e. The number of halogens is 2. The molecular weight excluding hydrogens is 297 g/mol. The molecule has 2 unspecified atom stereocenters. The van der Waals surface area contributed by atoms with Crippen molar-refractivity contribution in [1.29, 1.82) is 0 Å². The lowest BCUT2D eigenvalue weighted by Gasteiger charge is -2.19. The number of rotatable bonds is 5. The van der Waals surface area contributed by atoms with E-state index in [9.17, 15) is 4.39 Å². The predicted molar refractivity (Wildman–Crippen MR) is 74.2 cm³/mol. The van der Waals surface area contributed by atoms with Crippen LogP contribution in [-0.2, 0) is 11.2 Å². The van der Waals surface area contributed by atoms with Crippen LogP contribution in [-0.4, -0.2) is 26.3 Å². The Labute approximate surface area is 116 Å². The zero-order chi connectivity index (χ0) is 13.0. The molecule has 1 heterocycles. The number of benzene rings is 1. The molecule has 0 spiro atoms. The van der Waals surface area contributed by atoms with E-state index in [0.29, 0.717) is 12.0 Å². The van der Waals surface area contributed by atoms with Crippen LogP contribution in [0.3, 0.4) is 0 Å². The lowest BCUT2D eigenvalue weighted by Crippen LogP contribution is -2.30. The first-order valence-electron chi connectivity index (χ1n) is 6.37. The molecule has 1 aliphatic heterocycles. The van der Waals surface area contributed by atoms with E-state index in [1.807, 2.05) is 13.1 Å². The van der Waals surface area contributed by atoms with Crippen molar-refractivity contribution in [1.82, 2.24) is 5.32 Å². The average molecular weight is 316 g/mol. The van der Waals surface area contributed by atoms with Crippen LogP contribution in [0.1, 0.15) is 18.4 Å². The summed E-state index contributed by atoms with van der Waals surface area (Å²) in [6.07, 6.45) is 3.08. The molecule has 1 aromatic rings. The maximum atomic E-state index is 13.3. The molecule has 1 aliphatic rings. The molecule has 2 atom stereocenters. The Morgan fingerprint density at radius 2 is 2.33 bits per heavy atom. The van der Waals surface area contributed by atoms with Crippen LogP contribution >= 0.6 is 15.9 Å². The third kappa shape index (κ3) is 4.04. The van der Waals surface area contributed by atoms with Crippen LogP contribution in [0.4, 0.5) is 4.39 Å². The summed E-state index contributed by atoms with van der Waals surface area (Å²) in [5, 5.41) is 3.32.